The molecule has 1 aliphatic carbocycles. The maximum atomic E-state index is 11.3. The third kappa shape index (κ3) is 1.54. The Morgan fingerprint density at radius 3 is 2.50 bits per heavy atom. The molecule has 2 aliphatic rings. The average molecular weight is 198 g/mol. The lowest BCUT2D eigenvalue weighted by Gasteiger charge is -2.34. The molecule has 1 unspecified atom stereocenters. The highest BCUT2D eigenvalue weighted by molar-refractivity contribution is 5.75. The van der Waals surface area contributed by atoms with Gasteiger partial charge in [-0.25, -0.2) is 0 Å². The minimum atomic E-state index is -0.637. The first-order valence-corrected chi connectivity index (χ1v) is 5.57. The van der Waals surface area contributed by atoms with Crippen LogP contribution < -0.4 is 0 Å². The van der Waals surface area contributed by atoms with Gasteiger partial charge in [-0.05, 0) is 25.2 Å². The lowest BCUT2D eigenvalue weighted by atomic mass is 9.68. The average Bonchev–Trinajstić information content (AvgIpc) is 2.69. The second-order valence-corrected chi connectivity index (χ2v) is 4.60. The Hall–Kier alpha value is -0.570. The van der Waals surface area contributed by atoms with Gasteiger partial charge in [-0.1, -0.05) is 19.3 Å². The Morgan fingerprint density at radius 1 is 1.29 bits per heavy atom. The van der Waals surface area contributed by atoms with Crippen LogP contribution in [0.25, 0.3) is 0 Å². The number of aliphatic carboxylic acids is 1. The molecule has 2 fully saturated rings. The van der Waals surface area contributed by atoms with E-state index in [1.165, 1.54) is 19.3 Å². The Kier molecular flexibility index (Phi) is 2.77. The molecular formula is C11H18O3. The number of hydrogen-bond donors (Lipinski definition) is 1. The van der Waals surface area contributed by atoms with Crippen LogP contribution in [0.5, 0.6) is 0 Å². The van der Waals surface area contributed by atoms with Gasteiger partial charge < -0.3 is 9.84 Å². The SMILES string of the molecule is O=C(O)C1(C2CCCCC2)CCOC1. The van der Waals surface area contributed by atoms with E-state index in [-0.39, 0.29) is 0 Å². The van der Waals surface area contributed by atoms with E-state index < -0.39 is 11.4 Å². The van der Waals surface area contributed by atoms with Gasteiger partial charge in [-0.3, -0.25) is 4.79 Å². The minimum absolute atomic E-state index is 0.358. The molecule has 0 amide bonds. The molecule has 2 rings (SSSR count). The van der Waals surface area contributed by atoms with Crippen LogP contribution in [0.3, 0.4) is 0 Å². The molecule has 0 aromatic heterocycles. The number of carboxylic acids is 1. The normalized spacial score (nSPS) is 34.6. The van der Waals surface area contributed by atoms with Crippen LogP contribution in [0.1, 0.15) is 38.5 Å². The van der Waals surface area contributed by atoms with Crippen molar-refractivity contribution < 1.29 is 14.6 Å². The second-order valence-electron chi connectivity index (χ2n) is 4.60. The number of rotatable bonds is 2. The molecule has 1 saturated heterocycles. The highest BCUT2D eigenvalue weighted by atomic mass is 16.5. The van der Waals surface area contributed by atoms with Crippen molar-refractivity contribution in [2.24, 2.45) is 11.3 Å². The van der Waals surface area contributed by atoms with E-state index in [0.29, 0.717) is 25.6 Å². The van der Waals surface area contributed by atoms with Crippen molar-refractivity contribution in [2.75, 3.05) is 13.2 Å². The largest absolute Gasteiger partial charge is 0.481 e. The molecular weight excluding hydrogens is 180 g/mol. The fourth-order valence-corrected chi connectivity index (χ4v) is 2.90. The molecule has 3 heteroatoms. The Morgan fingerprint density at radius 2 is 2.00 bits per heavy atom. The summed E-state index contributed by atoms with van der Waals surface area (Å²) in [6, 6.07) is 0. The summed E-state index contributed by atoms with van der Waals surface area (Å²) in [7, 11) is 0. The summed E-state index contributed by atoms with van der Waals surface area (Å²) in [5.74, 6) is -0.279. The van der Waals surface area contributed by atoms with Crippen LogP contribution in [-0.4, -0.2) is 24.3 Å². The lowest BCUT2D eigenvalue weighted by Crippen LogP contribution is -2.40. The van der Waals surface area contributed by atoms with Gasteiger partial charge in [0.15, 0.2) is 0 Å². The van der Waals surface area contributed by atoms with Crippen molar-refractivity contribution in [3.63, 3.8) is 0 Å². The molecule has 0 spiro atoms. The summed E-state index contributed by atoms with van der Waals surface area (Å²) < 4.78 is 5.29. The summed E-state index contributed by atoms with van der Waals surface area (Å²) in [4.78, 5) is 11.3. The van der Waals surface area contributed by atoms with Gasteiger partial charge in [0, 0.05) is 6.61 Å². The van der Waals surface area contributed by atoms with Crippen LogP contribution in [0.4, 0.5) is 0 Å². The van der Waals surface area contributed by atoms with Gasteiger partial charge in [-0.15, -0.1) is 0 Å². The topological polar surface area (TPSA) is 46.5 Å². The lowest BCUT2D eigenvalue weighted by molar-refractivity contribution is -0.153. The minimum Gasteiger partial charge on any atom is -0.481 e. The second kappa shape index (κ2) is 3.89. The van der Waals surface area contributed by atoms with Crippen LogP contribution in [-0.2, 0) is 9.53 Å². The van der Waals surface area contributed by atoms with E-state index in [1.54, 1.807) is 0 Å². The van der Waals surface area contributed by atoms with E-state index in [9.17, 15) is 9.90 Å². The summed E-state index contributed by atoms with van der Waals surface area (Å²) in [5.41, 5.74) is -0.541. The van der Waals surface area contributed by atoms with E-state index >= 15 is 0 Å². The van der Waals surface area contributed by atoms with Gasteiger partial charge in [0.1, 0.15) is 0 Å². The molecule has 1 heterocycles. The van der Waals surface area contributed by atoms with Crippen molar-refractivity contribution in [1.82, 2.24) is 0 Å². The van der Waals surface area contributed by atoms with E-state index in [4.69, 9.17) is 4.74 Å². The predicted octanol–water partition coefficient (Wildman–Crippen LogP) is 2.06. The van der Waals surface area contributed by atoms with Crippen molar-refractivity contribution in [1.29, 1.82) is 0 Å². The van der Waals surface area contributed by atoms with Crippen LogP contribution in [0.2, 0.25) is 0 Å². The maximum Gasteiger partial charge on any atom is 0.312 e. The molecule has 1 saturated carbocycles. The zero-order chi connectivity index (χ0) is 10.0. The van der Waals surface area contributed by atoms with Crippen molar-refractivity contribution in [3.8, 4) is 0 Å². The molecule has 0 bridgehead atoms. The molecule has 1 N–H and O–H groups in total. The molecule has 0 radical (unpaired) electrons. The molecule has 14 heavy (non-hydrogen) atoms. The first-order chi connectivity index (χ1) is 6.76. The Balaban J connectivity index is 2.12. The van der Waals surface area contributed by atoms with Crippen molar-refractivity contribution >= 4 is 5.97 Å². The van der Waals surface area contributed by atoms with Crippen LogP contribution in [0, 0.1) is 11.3 Å². The first-order valence-electron chi connectivity index (χ1n) is 5.57. The smallest absolute Gasteiger partial charge is 0.312 e. The van der Waals surface area contributed by atoms with Gasteiger partial charge in [0.25, 0.3) is 0 Å². The predicted molar refractivity (Wildman–Crippen MR) is 52.1 cm³/mol. The summed E-state index contributed by atoms with van der Waals surface area (Å²) in [6.45, 7) is 1.07. The number of carbonyl (C=O) groups is 1. The first kappa shape index (κ1) is 9.97. The third-order valence-electron chi connectivity index (χ3n) is 3.86. The van der Waals surface area contributed by atoms with Gasteiger partial charge in [-0.2, -0.15) is 0 Å². The maximum absolute atomic E-state index is 11.3. The summed E-state index contributed by atoms with van der Waals surface area (Å²) in [6.07, 6.45) is 6.53. The highest BCUT2D eigenvalue weighted by Gasteiger charge is 2.48. The molecule has 3 nitrogen and oxygen atoms in total. The molecule has 1 atom stereocenters. The summed E-state index contributed by atoms with van der Waals surface area (Å²) >= 11 is 0. The molecule has 0 aromatic rings. The fourth-order valence-electron chi connectivity index (χ4n) is 2.90. The monoisotopic (exact) mass is 198 g/mol. The Labute approximate surface area is 84.4 Å². The van der Waals surface area contributed by atoms with Crippen molar-refractivity contribution in [2.45, 2.75) is 38.5 Å². The molecule has 0 aromatic carbocycles. The molecule has 80 valence electrons. The van der Waals surface area contributed by atoms with Crippen LogP contribution >= 0.6 is 0 Å². The van der Waals surface area contributed by atoms with Gasteiger partial charge in [0.2, 0.25) is 0 Å². The molecule has 1 aliphatic heterocycles. The van der Waals surface area contributed by atoms with Crippen molar-refractivity contribution in [3.05, 3.63) is 0 Å². The number of ether oxygens (including phenoxy) is 1. The van der Waals surface area contributed by atoms with E-state index in [1.807, 2.05) is 0 Å². The Bertz CT molecular complexity index is 213. The van der Waals surface area contributed by atoms with Crippen LogP contribution in [0.15, 0.2) is 0 Å². The van der Waals surface area contributed by atoms with Gasteiger partial charge in [0.05, 0.1) is 12.0 Å². The number of hydrogen-bond acceptors (Lipinski definition) is 2. The zero-order valence-corrected chi connectivity index (χ0v) is 8.50. The van der Waals surface area contributed by atoms with Gasteiger partial charge >= 0.3 is 5.97 Å². The third-order valence-corrected chi connectivity index (χ3v) is 3.86. The van der Waals surface area contributed by atoms with E-state index in [0.717, 1.165) is 12.8 Å². The number of carboxylic acid groups (broad SMARTS) is 1. The van der Waals surface area contributed by atoms with E-state index in [2.05, 4.69) is 0 Å². The quantitative estimate of drug-likeness (QED) is 0.738. The standard InChI is InChI=1S/C11H18O3/c12-10(13)11(6-7-14-8-11)9-4-2-1-3-5-9/h9H,1-8H2,(H,12,13). The summed E-state index contributed by atoms with van der Waals surface area (Å²) in [5, 5.41) is 9.34. The fraction of sp³-hybridized carbons (Fsp3) is 0.909. The highest BCUT2D eigenvalue weighted by Crippen LogP contribution is 2.44. The zero-order valence-electron chi connectivity index (χ0n) is 8.50.